The van der Waals surface area contributed by atoms with Crippen LogP contribution in [0.2, 0.25) is 0 Å². The Hall–Kier alpha value is -0.870. The molecule has 2 rings (SSSR count). The Balaban J connectivity index is 0.00000338. The van der Waals surface area contributed by atoms with E-state index in [4.69, 9.17) is 9.73 Å². The third-order valence-corrected chi connectivity index (χ3v) is 4.95. The Morgan fingerprint density at radius 2 is 2.12 bits per heavy atom. The van der Waals surface area contributed by atoms with Crippen molar-refractivity contribution in [1.82, 2.24) is 25.3 Å². The van der Waals surface area contributed by atoms with Gasteiger partial charge in [0.05, 0.1) is 25.5 Å². The molecule has 0 aliphatic carbocycles. The van der Waals surface area contributed by atoms with Crippen LogP contribution in [0.15, 0.2) is 4.99 Å². The van der Waals surface area contributed by atoms with Gasteiger partial charge in [-0.2, -0.15) is 5.10 Å². The monoisotopic (exact) mass is 478 g/mol. The van der Waals surface area contributed by atoms with Crippen LogP contribution < -0.4 is 10.6 Å². The normalized spacial score (nSPS) is 19.8. The largest absolute Gasteiger partial charge is 0.379 e. The van der Waals surface area contributed by atoms with E-state index in [2.05, 4.69) is 48.3 Å². The number of nitrogens with one attached hydrogen (secondary N) is 2. The average molecular weight is 478 g/mol. The van der Waals surface area contributed by atoms with E-state index in [-0.39, 0.29) is 24.0 Å². The highest BCUT2D eigenvalue weighted by Crippen LogP contribution is 2.13. The van der Waals surface area contributed by atoms with Crippen LogP contribution in [0.4, 0.5) is 0 Å². The second-order valence-electron chi connectivity index (χ2n) is 6.86. The first-order valence-electron chi connectivity index (χ1n) is 9.28. The van der Waals surface area contributed by atoms with E-state index in [1.54, 1.807) is 0 Å². The lowest BCUT2D eigenvalue weighted by molar-refractivity contribution is -0.0174. The number of guanidine groups is 1. The second kappa shape index (κ2) is 11.1. The lowest BCUT2D eigenvalue weighted by atomic mass is 10.2. The number of nitrogens with zero attached hydrogens (tertiary/aromatic N) is 4. The zero-order valence-corrected chi connectivity index (χ0v) is 19.3. The van der Waals surface area contributed by atoms with E-state index in [9.17, 15) is 0 Å². The third kappa shape index (κ3) is 6.09. The van der Waals surface area contributed by atoms with E-state index in [1.165, 1.54) is 11.3 Å². The fourth-order valence-corrected chi connectivity index (χ4v) is 3.30. The maximum atomic E-state index is 5.53. The van der Waals surface area contributed by atoms with Crippen molar-refractivity contribution in [1.29, 1.82) is 0 Å². The number of halogens is 1. The van der Waals surface area contributed by atoms with Crippen molar-refractivity contribution in [2.45, 2.75) is 53.2 Å². The molecule has 1 aliphatic heterocycles. The van der Waals surface area contributed by atoms with Gasteiger partial charge in [0, 0.05) is 50.0 Å². The lowest BCUT2D eigenvalue weighted by Gasteiger charge is -2.38. The van der Waals surface area contributed by atoms with Crippen molar-refractivity contribution in [3.63, 3.8) is 0 Å². The van der Waals surface area contributed by atoms with Crippen molar-refractivity contribution >= 4 is 29.9 Å². The van der Waals surface area contributed by atoms with E-state index in [0.29, 0.717) is 18.6 Å². The van der Waals surface area contributed by atoms with Crippen molar-refractivity contribution < 1.29 is 4.74 Å². The molecule has 1 saturated heterocycles. The maximum Gasteiger partial charge on any atom is 0.191 e. The molecule has 2 heterocycles. The maximum absolute atomic E-state index is 5.53. The summed E-state index contributed by atoms with van der Waals surface area (Å²) in [4.78, 5) is 7.25. The Bertz CT molecular complexity index is 588. The van der Waals surface area contributed by atoms with Gasteiger partial charge in [0.25, 0.3) is 0 Å². The molecule has 2 N–H and O–H groups in total. The van der Waals surface area contributed by atoms with Gasteiger partial charge in [-0.05, 0) is 34.6 Å². The van der Waals surface area contributed by atoms with E-state index in [0.717, 1.165) is 44.5 Å². The molecule has 7 nitrogen and oxygen atoms in total. The molecule has 0 saturated carbocycles. The summed E-state index contributed by atoms with van der Waals surface area (Å²) in [5, 5.41) is 11.3. The molecule has 8 heteroatoms. The molecule has 1 aromatic heterocycles. The summed E-state index contributed by atoms with van der Waals surface area (Å²) >= 11 is 0. The standard InChI is InChI=1S/C18H34N6O.HI/c1-7-19-18(21-11-17-15(4)22-23(6)16(17)5)20-10-13(2)24-8-9-25-12-14(24)3;/h13-14H,7-12H2,1-6H3,(H2,19,20,21);1H. The summed E-state index contributed by atoms with van der Waals surface area (Å²) in [6.45, 7) is 15.7. The topological polar surface area (TPSA) is 66.7 Å². The quantitative estimate of drug-likeness (QED) is 0.371. The van der Waals surface area contributed by atoms with Gasteiger partial charge < -0.3 is 15.4 Å². The van der Waals surface area contributed by atoms with E-state index < -0.39 is 0 Å². The first-order chi connectivity index (χ1) is 11.9. The smallest absolute Gasteiger partial charge is 0.191 e. The Kier molecular flexibility index (Phi) is 9.88. The minimum Gasteiger partial charge on any atom is -0.379 e. The summed E-state index contributed by atoms with van der Waals surface area (Å²) in [7, 11) is 1.98. The highest BCUT2D eigenvalue weighted by Gasteiger charge is 2.23. The second-order valence-corrected chi connectivity index (χ2v) is 6.86. The third-order valence-electron chi connectivity index (χ3n) is 4.95. The van der Waals surface area contributed by atoms with E-state index >= 15 is 0 Å². The molecule has 2 atom stereocenters. The van der Waals surface area contributed by atoms with Crippen LogP contribution in [-0.4, -0.2) is 65.6 Å². The summed E-state index contributed by atoms with van der Waals surface area (Å²) < 4.78 is 7.45. The fourth-order valence-electron chi connectivity index (χ4n) is 3.30. The van der Waals surface area contributed by atoms with Gasteiger partial charge in [-0.25, -0.2) is 4.99 Å². The SMILES string of the molecule is CCNC(=NCc1c(C)nn(C)c1C)NCC(C)N1CCOCC1C.I. The van der Waals surface area contributed by atoms with Gasteiger partial charge >= 0.3 is 0 Å². The molecule has 1 fully saturated rings. The van der Waals surface area contributed by atoms with Crippen molar-refractivity contribution in [3.8, 4) is 0 Å². The molecule has 0 amide bonds. The number of ether oxygens (including phenoxy) is 1. The molecule has 1 aliphatic rings. The molecular weight excluding hydrogens is 443 g/mol. The minimum atomic E-state index is 0. The number of aromatic nitrogens is 2. The van der Waals surface area contributed by atoms with Crippen LogP contribution in [0.5, 0.6) is 0 Å². The highest BCUT2D eigenvalue weighted by atomic mass is 127. The molecular formula is C18H35IN6O. The minimum absolute atomic E-state index is 0. The van der Waals surface area contributed by atoms with Gasteiger partial charge in [-0.1, -0.05) is 0 Å². The van der Waals surface area contributed by atoms with Gasteiger partial charge in [-0.15, -0.1) is 24.0 Å². The van der Waals surface area contributed by atoms with Crippen LogP contribution in [-0.2, 0) is 18.3 Å². The van der Waals surface area contributed by atoms with Crippen LogP contribution in [0, 0.1) is 13.8 Å². The molecule has 0 spiro atoms. The molecule has 150 valence electrons. The average Bonchev–Trinajstić information content (AvgIpc) is 2.83. The summed E-state index contributed by atoms with van der Waals surface area (Å²) in [6, 6.07) is 0.899. The van der Waals surface area contributed by atoms with Gasteiger partial charge in [0.1, 0.15) is 0 Å². The molecule has 0 radical (unpaired) electrons. The number of hydrogen-bond donors (Lipinski definition) is 2. The summed E-state index contributed by atoms with van der Waals surface area (Å²) in [5.41, 5.74) is 3.43. The summed E-state index contributed by atoms with van der Waals surface area (Å²) in [5.74, 6) is 0.859. The Labute approximate surface area is 175 Å². The predicted octanol–water partition coefficient (Wildman–Crippen LogP) is 1.82. The fraction of sp³-hybridized carbons (Fsp3) is 0.778. The number of morpholine rings is 1. The molecule has 26 heavy (non-hydrogen) atoms. The number of hydrogen-bond acceptors (Lipinski definition) is 4. The molecule has 1 aromatic rings. The lowest BCUT2D eigenvalue weighted by Crippen LogP contribution is -2.53. The van der Waals surface area contributed by atoms with Crippen LogP contribution in [0.3, 0.4) is 0 Å². The van der Waals surface area contributed by atoms with E-state index in [1.807, 2.05) is 18.7 Å². The van der Waals surface area contributed by atoms with Crippen LogP contribution in [0.1, 0.15) is 37.7 Å². The first kappa shape index (κ1) is 23.2. The zero-order valence-electron chi connectivity index (χ0n) is 17.0. The van der Waals surface area contributed by atoms with Crippen LogP contribution in [0.25, 0.3) is 0 Å². The number of rotatable bonds is 6. The zero-order chi connectivity index (χ0) is 18.4. The summed E-state index contributed by atoms with van der Waals surface area (Å²) in [6.07, 6.45) is 0. The molecule has 0 aromatic carbocycles. The van der Waals surface area contributed by atoms with Gasteiger partial charge in [0.2, 0.25) is 0 Å². The van der Waals surface area contributed by atoms with Crippen molar-refractivity contribution in [2.75, 3.05) is 32.8 Å². The van der Waals surface area contributed by atoms with Gasteiger partial charge in [-0.3, -0.25) is 9.58 Å². The molecule has 2 unspecified atom stereocenters. The Morgan fingerprint density at radius 3 is 2.69 bits per heavy atom. The first-order valence-corrected chi connectivity index (χ1v) is 9.28. The predicted molar refractivity (Wildman–Crippen MR) is 117 cm³/mol. The number of aryl methyl sites for hydroxylation is 2. The molecule has 0 bridgehead atoms. The van der Waals surface area contributed by atoms with Crippen molar-refractivity contribution in [2.24, 2.45) is 12.0 Å². The van der Waals surface area contributed by atoms with Crippen molar-refractivity contribution in [3.05, 3.63) is 17.0 Å². The number of aliphatic imine (C=N–C) groups is 1. The van der Waals surface area contributed by atoms with Gasteiger partial charge in [0.15, 0.2) is 5.96 Å². The highest BCUT2D eigenvalue weighted by molar-refractivity contribution is 14.0. The Morgan fingerprint density at radius 1 is 1.38 bits per heavy atom. The van der Waals surface area contributed by atoms with Crippen LogP contribution >= 0.6 is 24.0 Å².